The molecule has 82 valence electrons. The quantitative estimate of drug-likeness (QED) is 0.776. The molecule has 0 saturated heterocycles. The molecule has 4 heteroatoms. The molecule has 4 nitrogen and oxygen atoms in total. The summed E-state index contributed by atoms with van der Waals surface area (Å²) in [6.45, 7) is 0.622. The van der Waals surface area contributed by atoms with E-state index in [4.69, 9.17) is 4.74 Å². The average Bonchev–Trinajstić information content (AvgIpc) is 2.32. The van der Waals surface area contributed by atoms with Gasteiger partial charge in [0.1, 0.15) is 0 Å². The maximum atomic E-state index is 10.9. The Hall–Kier alpha value is -2.10. The fourth-order valence-corrected chi connectivity index (χ4v) is 1.40. The zero-order valence-electron chi connectivity index (χ0n) is 8.96. The minimum Gasteiger partial charge on any atom is -0.481 e. The molecule has 0 aliphatic carbocycles. The van der Waals surface area contributed by atoms with Crippen molar-refractivity contribution in [2.24, 2.45) is 0 Å². The number of nitrogens with zero attached hydrogens (tertiary/aromatic N) is 2. The van der Waals surface area contributed by atoms with Gasteiger partial charge in [-0.2, -0.15) is 0 Å². The molecule has 0 atom stereocenters. The number of rotatable bonds is 3. The second-order valence-electron chi connectivity index (χ2n) is 3.38. The Balaban J connectivity index is 2.20. The summed E-state index contributed by atoms with van der Waals surface area (Å²) >= 11 is 0. The van der Waals surface area contributed by atoms with Crippen LogP contribution in [0.2, 0.25) is 0 Å². The second kappa shape index (κ2) is 4.61. The van der Waals surface area contributed by atoms with E-state index in [1.807, 2.05) is 16.7 Å². The van der Waals surface area contributed by atoms with Crippen molar-refractivity contribution in [3.63, 3.8) is 0 Å². The summed E-state index contributed by atoms with van der Waals surface area (Å²) in [4.78, 5) is 15.2. The summed E-state index contributed by atoms with van der Waals surface area (Å²) in [7, 11) is 1.59. The van der Waals surface area contributed by atoms with E-state index >= 15 is 0 Å². The number of hydrogen-bond donors (Lipinski definition) is 0. The van der Waals surface area contributed by atoms with Gasteiger partial charge in [0.25, 0.3) is 0 Å². The van der Waals surface area contributed by atoms with E-state index < -0.39 is 0 Å². The minimum absolute atomic E-state index is 0.00912. The van der Waals surface area contributed by atoms with Gasteiger partial charge in [0.05, 0.1) is 19.3 Å². The Morgan fingerprint density at radius 2 is 2.00 bits per heavy atom. The SMILES string of the molecule is COc1cccc(Cn2ccc(=O)cc2)n1. The van der Waals surface area contributed by atoms with Gasteiger partial charge in [0.2, 0.25) is 5.88 Å². The van der Waals surface area contributed by atoms with Crippen molar-refractivity contribution < 1.29 is 4.74 Å². The molecule has 0 amide bonds. The lowest BCUT2D eigenvalue weighted by Crippen LogP contribution is -2.06. The largest absolute Gasteiger partial charge is 0.481 e. The van der Waals surface area contributed by atoms with Gasteiger partial charge in [-0.1, -0.05) is 6.07 Å². The number of methoxy groups -OCH3 is 1. The molecule has 0 unspecified atom stereocenters. The third-order valence-electron chi connectivity index (χ3n) is 2.20. The van der Waals surface area contributed by atoms with Gasteiger partial charge in [-0.25, -0.2) is 4.98 Å². The Kier molecular flexibility index (Phi) is 3.00. The molecule has 0 aliphatic rings. The predicted octanol–water partition coefficient (Wildman–Crippen LogP) is 1.30. The lowest BCUT2D eigenvalue weighted by atomic mass is 10.3. The minimum atomic E-state index is 0.00912. The Morgan fingerprint density at radius 3 is 2.69 bits per heavy atom. The highest BCUT2D eigenvalue weighted by Crippen LogP contribution is 2.07. The summed E-state index contributed by atoms with van der Waals surface area (Å²) in [6, 6.07) is 8.67. The topological polar surface area (TPSA) is 44.1 Å². The molecule has 2 aromatic rings. The van der Waals surface area contributed by atoms with E-state index in [2.05, 4.69) is 4.98 Å². The van der Waals surface area contributed by atoms with Crippen molar-refractivity contribution >= 4 is 0 Å². The van der Waals surface area contributed by atoms with Gasteiger partial charge in [0.15, 0.2) is 5.43 Å². The highest BCUT2D eigenvalue weighted by atomic mass is 16.5. The van der Waals surface area contributed by atoms with Gasteiger partial charge in [0, 0.05) is 30.6 Å². The van der Waals surface area contributed by atoms with Crippen LogP contribution in [-0.2, 0) is 6.54 Å². The number of pyridine rings is 2. The Bertz CT molecular complexity index is 514. The van der Waals surface area contributed by atoms with Crippen molar-refractivity contribution in [2.75, 3.05) is 7.11 Å². The van der Waals surface area contributed by atoms with E-state index in [1.54, 1.807) is 25.6 Å². The van der Waals surface area contributed by atoms with Crippen LogP contribution in [0, 0.1) is 0 Å². The van der Waals surface area contributed by atoms with Crippen molar-refractivity contribution in [2.45, 2.75) is 6.54 Å². The maximum Gasteiger partial charge on any atom is 0.213 e. The normalized spacial score (nSPS) is 10.1. The summed E-state index contributed by atoms with van der Waals surface area (Å²) in [5.74, 6) is 0.596. The molecule has 0 N–H and O–H groups in total. The van der Waals surface area contributed by atoms with Crippen molar-refractivity contribution in [3.8, 4) is 5.88 Å². The molecule has 0 aliphatic heterocycles. The highest BCUT2D eigenvalue weighted by Gasteiger charge is 1.97. The van der Waals surface area contributed by atoms with Gasteiger partial charge >= 0.3 is 0 Å². The predicted molar refractivity (Wildman–Crippen MR) is 60.6 cm³/mol. The highest BCUT2D eigenvalue weighted by molar-refractivity contribution is 5.16. The average molecular weight is 216 g/mol. The van der Waals surface area contributed by atoms with Crippen LogP contribution < -0.4 is 10.2 Å². The van der Waals surface area contributed by atoms with Crippen molar-refractivity contribution in [1.29, 1.82) is 0 Å². The molecule has 2 rings (SSSR count). The van der Waals surface area contributed by atoms with Crippen LogP contribution in [-0.4, -0.2) is 16.7 Å². The standard InChI is InChI=1S/C12H12N2O2/c1-16-12-4-2-3-10(13-12)9-14-7-5-11(15)6-8-14/h2-8H,9H2,1H3. The Morgan fingerprint density at radius 1 is 1.25 bits per heavy atom. The van der Waals surface area contributed by atoms with Crippen LogP contribution in [0.1, 0.15) is 5.69 Å². The van der Waals surface area contributed by atoms with Crippen LogP contribution in [0.15, 0.2) is 47.5 Å². The lowest BCUT2D eigenvalue weighted by Gasteiger charge is -2.06. The molecule has 0 saturated carbocycles. The summed E-state index contributed by atoms with van der Waals surface area (Å²) in [6.07, 6.45) is 3.48. The molecule has 2 aromatic heterocycles. The van der Waals surface area contributed by atoms with Gasteiger partial charge in [-0.15, -0.1) is 0 Å². The number of hydrogen-bond acceptors (Lipinski definition) is 3. The molecule has 2 heterocycles. The second-order valence-corrected chi connectivity index (χ2v) is 3.38. The molecule has 0 bridgehead atoms. The van der Waals surface area contributed by atoms with E-state index in [-0.39, 0.29) is 5.43 Å². The molecule has 0 aromatic carbocycles. The third kappa shape index (κ3) is 2.48. The first-order valence-electron chi connectivity index (χ1n) is 4.94. The monoisotopic (exact) mass is 216 g/mol. The van der Waals surface area contributed by atoms with Gasteiger partial charge in [-0.05, 0) is 6.07 Å². The van der Waals surface area contributed by atoms with Crippen LogP contribution in [0.25, 0.3) is 0 Å². The van der Waals surface area contributed by atoms with Crippen LogP contribution >= 0.6 is 0 Å². The molecule has 0 spiro atoms. The first kappa shape index (κ1) is 10.4. The molecular formula is C12H12N2O2. The number of aromatic nitrogens is 2. The first-order chi connectivity index (χ1) is 7.78. The zero-order valence-corrected chi connectivity index (χ0v) is 8.96. The van der Waals surface area contributed by atoms with E-state index in [9.17, 15) is 4.79 Å². The third-order valence-corrected chi connectivity index (χ3v) is 2.20. The summed E-state index contributed by atoms with van der Waals surface area (Å²) < 4.78 is 6.93. The van der Waals surface area contributed by atoms with E-state index in [1.165, 1.54) is 12.1 Å². The van der Waals surface area contributed by atoms with E-state index in [0.717, 1.165) is 5.69 Å². The number of ether oxygens (including phenoxy) is 1. The van der Waals surface area contributed by atoms with Crippen LogP contribution in [0.5, 0.6) is 5.88 Å². The molecule has 16 heavy (non-hydrogen) atoms. The molecule has 0 radical (unpaired) electrons. The first-order valence-corrected chi connectivity index (χ1v) is 4.94. The fraction of sp³-hybridized carbons (Fsp3) is 0.167. The molecule has 0 fully saturated rings. The van der Waals surface area contributed by atoms with Crippen LogP contribution in [0.3, 0.4) is 0 Å². The summed E-state index contributed by atoms with van der Waals surface area (Å²) in [5.41, 5.74) is 0.901. The lowest BCUT2D eigenvalue weighted by molar-refractivity contribution is 0.396. The molecular weight excluding hydrogens is 204 g/mol. The van der Waals surface area contributed by atoms with Gasteiger partial charge in [-0.3, -0.25) is 4.79 Å². The zero-order chi connectivity index (χ0) is 11.4. The van der Waals surface area contributed by atoms with Crippen molar-refractivity contribution in [3.05, 3.63) is 58.6 Å². The van der Waals surface area contributed by atoms with E-state index in [0.29, 0.717) is 12.4 Å². The Labute approximate surface area is 93.1 Å². The summed E-state index contributed by atoms with van der Waals surface area (Å²) in [5, 5.41) is 0. The smallest absolute Gasteiger partial charge is 0.213 e. The van der Waals surface area contributed by atoms with Crippen LogP contribution in [0.4, 0.5) is 0 Å². The van der Waals surface area contributed by atoms with Gasteiger partial charge < -0.3 is 9.30 Å². The fourth-order valence-electron chi connectivity index (χ4n) is 1.40. The van der Waals surface area contributed by atoms with Crippen molar-refractivity contribution in [1.82, 2.24) is 9.55 Å². The maximum absolute atomic E-state index is 10.9.